The molecule has 76 valence electrons. The second-order valence-electron chi connectivity index (χ2n) is 3.12. The predicted molar refractivity (Wildman–Crippen MR) is 61.6 cm³/mol. The molecule has 0 unspecified atom stereocenters. The molecule has 1 aromatic rings. The molecule has 0 bridgehead atoms. The van der Waals surface area contributed by atoms with Gasteiger partial charge in [-0.3, -0.25) is 0 Å². The van der Waals surface area contributed by atoms with E-state index in [1.54, 1.807) is 11.8 Å². The van der Waals surface area contributed by atoms with Gasteiger partial charge in [0.05, 0.1) is 5.71 Å². The van der Waals surface area contributed by atoms with E-state index in [4.69, 9.17) is 5.21 Å². The molecular formula is C11H15NOS. The van der Waals surface area contributed by atoms with Crippen molar-refractivity contribution in [3.05, 3.63) is 29.3 Å². The van der Waals surface area contributed by atoms with Crippen molar-refractivity contribution < 1.29 is 5.21 Å². The van der Waals surface area contributed by atoms with Crippen molar-refractivity contribution in [2.24, 2.45) is 5.16 Å². The van der Waals surface area contributed by atoms with Gasteiger partial charge in [-0.15, -0.1) is 11.8 Å². The van der Waals surface area contributed by atoms with E-state index in [1.165, 1.54) is 10.5 Å². The third kappa shape index (κ3) is 2.51. The first kappa shape index (κ1) is 11.1. The zero-order chi connectivity index (χ0) is 10.6. The molecule has 1 aromatic carbocycles. The molecule has 0 saturated heterocycles. The number of hydrogen-bond acceptors (Lipinski definition) is 3. The second kappa shape index (κ2) is 5.05. The molecule has 3 heteroatoms. The molecule has 0 aliphatic rings. The molecule has 0 aliphatic carbocycles. The Morgan fingerprint density at radius 2 is 2.21 bits per heavy atom. The lowest BCUT2D eigenvalue weighted by Crippen LogP contribution is -1.98. The van der Waals surface area contributed by atoms with E-state index in [2.05, 4.69) is 24.2 Å². The molecule has 0 aromatic heterocycles. The Balaban J connectivity index is 3.15. The highest BCUT2D eigenvalue weighted by Crippen LogP contribution is 2.24. The molecule has 0 fully saturated rings. The predicted octanol–water partition coefficient (Wildman–Crippen LogP) is 3.31. The number of aryl methyl sites for hydroxylation is 1. The molecule has 0 radical (unpaired) electrons. The highest BCUT2D eigenvalue weighted by molar-refractivity contribution is 7.99. The Morgan fingerprint density at radius 1 is 1.50 bits per heavy atom. The van der Waals surface area contributed by atoms with E-state index >= 15 is 0 Å². The summed E-state index contributed by atoms with van der Waals surface area (Å²) in [5.41, 5.74) is 2.88. The Bertz CT molecular complexity index is 347. The Kier molecular flexibility index (Phi) is 4.01. The number of nitrogens with zero attached hydrogens (tertiary/aromatic N) is 1. The van der Waals surface area contributed by atoms with Crippen LogP contribution in [-0.2, 0) is 0 Å². The maximum absolute atomic E-state index is 8.75. The summed E-state index contributed by atoms with van der Waals surface area (Å²) < 4.78 is 0. The number of hydrogen-bond donors (Lipinski definition) is 1. The number of benzene rings is 1. The van der Waals surface area contributed by atoms with Crippen LogP contribution in [0.2, 0.25) is 0 Å². The topological polar surface area (TPSA) is 32.6 Å². The van der Waals surface area contributed by atoms with Crippen LogP contribution >= 0.6 is 11.8 Å². The first-order valence-corrected chi connectivity index (χ1v) is 5.60. The van der Waals surface area contributed by atoms with Gasteiger partial charge in [0.1, 0.15) is 0 Å². The molecule has 2 nitrogen and oxygen atoms in total. The summed E-state index contributed by atoms with van der Waals surface area (Å²) in [6.45, 7) is 5.96. The normalized spacial score (nSPS) is 11.8. The zero-order valence-corrected chi connectivity index (χ0v) is 9.56. The van der Waals surface area contributed by atoms with Crippen molar-refractivity contribution in [3.63, 3.8) is 0 Å². The van der Waals surface area contributed by atoms with Crippen LogP contribution in [0.15, 0.2) is 28.3 Å². The fourth-order valence-electron chi connectivity index (χ4n) is 1.26. The van der Waals surface area contributed by atoms with Gasteiger partial charge in [0.15, 0.2) is 0 Å². The summed E-state index contributed by atoms with van der Waals surface area (Å²) in [5, 5.41) is 12.0. The van der Waals surface area contributed by atoms with Gasteiger partial charge in [-0.05, 0) is 31.7 Å². The molecule has 0 spiro atoms. The van der Waals surface area contributed by atoms with Gasteiger partial charge in [0.25, 0.3) is 0 Å². The van der Waals surface area contributed by atoms with Gasteiger partial charge in [-0.25, -0.2) is 0 Å². The molecule has 0 heterocycles. The molecule has 14 heavy (non-hydrogen) atoms. The minimum Gasteiger partial charge on any atom is -0.411 e. The standard InChI is InChI=1S/C11H15NOS/c1-4-14-11-6-5-8(2)7-10(11)9(3)12-13/h5-7,13H,4H2,1-3H3. The fraction of sp³-hybridized carbons (Fsp3) is 0.364. The van der Waals surface area contributed by atoms with Crippen LogP contribution in [0, 0.1) is 6.92 Å². The smallest absolute Gasteiger partial charge is 0.0848 e. The lowest BCUT2D eigenvalue weighted by atomic mass is 10.1. The monoisotopic (exact) mass is 209 g/mol. The van der Waals surface area contributed by atoms with E-state index < -0.39 is 0 Å². The van der Waals surface area contributed by atoms with E-state index in [0.29, 0.717) is 5.71 Å². The van der Waals surface area contributed by atoms with Crippen LogP contribution in [-0.4, -0.2) is 16.7 Å². The Labute approximate surface area is 89.0 Å². The van der Waals surface area contributed by atoms with Gasteiger partial charge in [-0.2, -0.15) is 0 Å². The average Bonchev–Trinajstić information content (AvgIpc) is 2.20. The molecule has 1 N–H and O–H groups in total. The molecular weight excluding hydrogens is 194 g/mol. The van der Waals surface area contributed by atoms with Gasteiger partial charge in [-0.1, -0.05) is 23.7 Å². The van der Waals surface area contributed by atoms with Gasteiger partial charge < -0.3 is 5.21 Å². The maximum atomic E-state index is 8.75. The largest absolute Gasteiger partial charge is 0.411 e. The van der Waals surface area contributed by atoms with Crippen molar-refractivity contribution in [3.8, 4) is 0 Å². The minimum atomic E-state index is 0.671. The quantitative estimate of drug-likeness (QED) is 0.358. The van der Waals surface area contributed by atoms with Gasteiger partial charge in [0, 0.05) is 10.5 Å². The van der Waals surface area contributed by atoms with Crippen molar-refractivity contribution in [2.45, 2.75) is 25.7 Å². The average molecular weight is 209 g/mol. The summed E-state index contributed by atoms with van der Waals surface area (Å²) in [4.78, 5) is 1.17. The molecule has 0 amide bonds. The van der Waals surface area contributed by atoms with Crippen LogP contribution < -0.4 is 0 Å². The van der Waals surface area contributed by atoms with E-state index in [9.17, 15) is 0 Å². The SMILES string of the molecule is CCSc1ccc(C)cc1C(C)=NO. The minimum absolute atomic E-state index is 0.671. The van der Waals surface area contributed by atoms with Crippen LogP contribution in [0.1, 0.15) is 25.0 Å². The second-order valence-corrected chi connectivity index (χ2v) is 4.42. The zero-order valence-electron chi connectivity index (χ0n) is 8.74. The van der Waals surface area contributed by atoms with Crippen LogP contribution in [0.4, 0.5) is 0 Å². The van der Waals surface area contributed by atoms with Crippen LogP contribution in [0.5, 0.6) is 0 Å². The lowest BCUT2D eigenvalue weighted by molar-refractivity contribution is 0.319. The third-order valence-corrected chi connectivity index (χ3v) is 2.93. The van der Waals surface area contributed by atoms with E-state index in [0.717, 1.165) is 11.3 Å². The number of rotatable bonds is 3. The number of oxime groups is 1. The summed E-state index contributed by atoms with van der Waals surface area (Å²) in [6.07, 6.45) is 0. The first-order chi connectivity index (χ1) is 6.69. The Hall–Kier alpha value is -0.960. The van der Waals surface area contributed by atoms with Gasteiger partial charge >= 0.3 is 0 Å². The van der Waals surface area contributed by atoms with Gasteiger partial charge in [0.2, 0.25) is 0 Å². The molecule has 0 aliphatic heterocycles. The summed E-state index contributed by atoms with van der Waals surface area (Å²) in [6, 6.07) is 6.20. The molecule has 0 saturated carbocycles. The van der Waals surface area contributed by atoms with Crippen molar-refractivity contribution in [1.82, 2.24) is 0 Å². The molecule has 0 atom stereocenters. The lowest BCUT2D eigenvalue weighted by Gasteiger charge is -2.07. The highest BCUT2D eigenvalue weighted by Gasteiger charge is 2.05. The maximum Gasteiger partial charge on any atom is 0.0848 e. The van der Waals surface area contributed by atoms with Crippen LogP contribution in [0.25, 0.3) is 0 Å². The van der Waals surface area contributed by atoms with E-state index in [-0.39, 0.29) is 0 Å². The third-order valence-electron chi connectivity index (χ3n) is 1.97. The summed E-state index contributed by atoms with van der Waals surface area (Å²) >= 11 is 1.76. The summed E-state index contributed by atoms with van der Waals surface area (Å²) in [5.74, 6) is 1.02. The highest BCUT2D eigenvalue weighted by atomic mass is 32.2. The first-order valence-electron chi connectivity index (χ1n) is 4.61. The van der Waals surface area contributed by atoms with E-state index in [1.807, 2.05) is 19.9 Å². The van der Waals surface area contributed by atoms with Crippen molar-refractivity contribution >= 4 is 17.5 Å². The van der Waals surface area contributed by atoms with Crippen molar-refractivity contribution in [1.29, 1.82) is 0 Å². The Morgan fingerprint density at radius 3 is 2.79 bits per heavy atom. The van der Waals surface area contributed by atoms with Crippen LogP contribution in [0.3, 0.4) is 0 Å². The van der Waals surface area contributed by atoms with Crippen molar-refractivity contribution in [2.75, 3.05) is 5.75 Å². The fourth-order valence-corrected chi connectivity index (χ4v) is 2.10. The summed E-state index contributed by atoms with van der Waals surface area (Å²) in [7, 11) is 0. The molecule has 1 rings (SSSR count). The number of thioether (sulfide) groups is 1.